The van der Waals surface area contributed by atoms with E-state index in [1.807, 2.05) is 35.2 Å². The van der Waals surface area contributed by atoms with E-state index in [1.165, 1.54) is 5.56 Å². The molecule has 0 spiro atoms. The molecule has 1 aliphatic heterocycles. The largest absolute Gasteiger partial charge is 0.337 e. The Labute approximate surface area is 159 Å². The Bertz CT molecular complexity index is 750. The van der Waals surface area contributed by atoms with Crippen molar-refractivity contribution in [3.05, 3.63) is 69.7 Å². The summed E-state index contributed by atoms with van der Waals surface area (Å²) in [4.78, 5) is 17.1. The number of halogens is 2. The second-order valence-corrected chi connectivity index (χ2v) is 7.30. The van der Waals surface area contributed by atoms with Gasteiger partial charge in [-0.3, -0.25) is 9.69 Å². The first kappa shape index (κ1) is 18.2. The molecule has 0 radical (unpaired) electrons. The van der Waals surface area contributed by atoms with Crippen LogP contribution >= 0.6 is 23.2 Å². The van der Waals surface area contributed by atoms with Crippen LogP contribution in [0, 0.1) is 0 Å². The van der Waals surface area contributed by atoms with Crippen molar-refractivity contribution in [3.63, 3.8) is 0 Å². The number of hydrogen-bond donors (Lipinski definition) is 0. The van der Waals surface area contributed by atoms with Gasteiger partial charge in [0.15, 0.2) is 0 Å². The summed E-state index contributed by atoms with van der Waals surface area (Å²) in [7, 11) is 0. The van der Waals surface area contributed by atoms with Gasteiger partial charge in [0.25, 0.3) is 5.91 Å². The summed E-state index contributed by atoms with van der Waals surface area (Å²) in [6, 6.07) is 15.5. The van der Waals surface area contributed by atoms with Crippen LogP contribution in [0.3, 0.4) is 0 Å². The minimum absolute atomic E-state index is 0.0553. The molecular formula is C20H22Cl2N2O. The van der Waals surface area contributed by atoms with Gasteiger partial charge in [0.2, 0.25) is 0 Å². The lowest BCUT2D eigenvalue weighted by molar-refractivity contribution is 0.0758. The Hall–Kier alpha value is -1.55. The Morgan fingerprint density at radius 1 is 0.960 bits per heavy atom. The summed E-state index contributed by atoms with van der Waals surface area (Å²) in [5.74, 6) is 0.0553. The maximum atomic E-state index is 12.7. The molecule has 0 N–H and O–H groups in total. The number of benzene rings is 2. The molecular weight excluding hydrogens is 355 g/mol. The first-order chi connectivity index (χ1) is 12.0. The molecule has 3 rings (SSSR count). The highest BCUT2D eigenvalue weighted by Gasteiger charge is 2.23. The van der Waals surface area contributed by atoms with Gasteiger partial charge in [-0.15, -0.1) is 0 Å². The molecule has 0 aliphatic carbocycles. The van der Waals surface area contributed by atoms with Gasteiger partial charge in [0.1, 0.15) is 0 Å². The maximum Gasteiger partial charge on any atom is 0.253 e. The van der Waals surface area contributed by atoms with Crippen LogP contribution in [0.2, 0.25) is 10.0 Å². The van der Waals surface area contributed by atoms with E-state index in [9.17, 15) is 4.79 Å². The van der Waals surface area contributed by atoms with Gasteiger partial charge in [-0.2, -0.15) is 0 Å². The first-order valence-corrected chi connectivity index (χ1v) is 9.34. The van der Waals surface area contributed by atoms with Crippen LogP contribution in [-0.4, -0.2) is 41.9 Å². The number of carbonyl (C=O) groups is 1. The van der Waals surface area contributed by atoms with E-state index < -0.39 is 0 Å². The van der Waals surface area contributed by atoms with Gasteiger partial charge in [-0.05, 0) is 49.2 Å². The average Bonchev–Trinajstić information content (AvgIpc) is 2.86. The van der Waals surface area contributed by atoms with Crippen molar-refractivity contribution in [3.8, 4) is 0 Å². The van der Waals surface area contributed by atoms with Crippen molar-refractivity contribution in [2.75, 3.05) is 26.2 Å². The number of amides is 1. The van der Waals surface area contributed by atoms with Crippen LogP contribution in [0.5, 0.6) is 0 Å². The maximum absolute atomic E-state index is 12.7. The highest BCUT2D eigenvalue weighted by atomic mass is 35.5. The zero-order valence-corrected chi connectivity index (χ0v) is 15.8. The topological polar surface area (TPSA) is 23.6 Å². The van der Waals surface area contributed by atoms with Crippen molar-refractivity contribution in [1.29, 1.82) is 0 Å². The molecule has 1 atom stereocenters. The lowest BCUT2D eigenvalue weighted by Crippen LogP contribution is -2.35. The molecule has 0 bridgehead atoms. The van der Waals surface area contributed by atoms with Crippen LogP contribution in [0.1, 0.15) is 35.3 Å². The smallest absolute Gasteiger partial charge is 0.253 e. The minimum atomic E-state index is 0.0553. The van der Waals surface area contributed by atoms with Gasteiger partial charge in [-0.25, -0.2) is 0 Å². The number of rotatable bonds is 3. The molecule has 0 aromatic heterocycles. The first-order valence-electron chi connectivity index (χ1n) is 8.59. The van der Waals surface area contributed by atoms with Gasteiger partial charge in [0.05, 0.1) is 0 Å². The minimum Gasteiger partial charge on any atom is -0.337 e. The number of hydrogen-bond acceptors (Lipinski definition) is 2. The summed E-state index contributed by atoms with van der Waals surface area (Å²) in [6.45, 7) is 5.49. The Morgan fingerprint density at radius 2 is 1.68 bits per heavy atom. The fraction of sp³-hybridized carbons (Fsp3) is 0.350. The van der Waals surface area contributed by atoms with Gasteiger partial charge in [-0.1, -0.05) is 41.4 Å². The molecule has 0 saturated carbocycles. The standard InChI is InChI=1S/C20H22Cl2N2O/c1-15(16-5-2-7-18(21)13-16)23-9-4-10-24(12-11-23)20(25)17-6-3-8-19(22)14-17/h2-3,5-8,13-15H,4,9-12H2,1H3. The quantitative estimate of drug-likeness (QED) is 0.760. The number of carbonyl (C=O) groups excluding carboxylic acids is 1. The molecule has 1 fully saturated rings. The van der Waals surface area contributed by atoms with E-state index >= 15 is 0 Å². The Kier molecular flexibility index (Phi) is 6.00. The van der Waals surface area contributed by atoms with E-state index in [1.54, 1.807) is 12.1 Å². The van der Waals surface area contributed by atoms with Crippen molar-refractivity contribution in [2.24, 2.45) is 0 Å². The van der Waals surface area contributed by atoms with Crippen LogP contribution in [0.4, 0.5) is 0 Å². The molecule has 1 saturated heterocycles. The van der Waals surface area contributed by atoms with E-state index in [0.717, 1.165) is 37.6 Å². The summed E-state index contributed by atoms with van der Waals surface area (Å²) < 4.78 is 0. The lowest BCUT2D eigenvalue weighted by atomic mass is 10.1. The van der Waals surface area contributed by atoms with Crippen LogP contribution in [0.25, 0.3) is 0 Å². The van der Waals surface area contributed by atoms with Crippen molar-refractivity contribution >= 4 is 29.1 Å². The second kappa shape index (κ2) is 8.22. The van der Waals surface area contributed by atoms with Crippen LogP contribution in [-0.2, 0) is 0 Å². The second-order valence-electron chi connectivity index (χ2n) is 6.42. The summed E-state index contributed by atoms with van der Waals surface area (Å²) in [6.07, 6.45) is 0.956. The van der Waals surface area contributed by atoms with Crippen molar-refractivity contribution in [2.45, 2.75) is 19.4 Å². The highest BCUT2D eigenvalue weighted by Crippen LogP contribution is 2.24. The number of nitrogens with zero attached hydrogens (tertiary/aromatic N) is 2. The molecule has 1 heterocycles. The van der Waals surface area contributed by atoms with E-state index in [2.05, 4.69) is 17.9 Å². The fourth-order valence-corrected chi connectivity index (χ4v) is 3.70. The zero-order valence-electron chi connectivity index (χ0n) is 14.3. The molecule has 1 amide bonds. The third-order valence-electron chi connectivity index (χ3n) is 4.77. The Balaban J connectivity index is 1.67. The highest BCUT2D eigenvalue weighted by molar-refractivity contribution is 6.31. The molecule has 2 aromatic rings. The molecule has 1 unspecified atom stereocenters. The predicted molar refractivity (Wildman–Crippen MR) is 103 cm³/mol. The molecule has 2 aromatic carbocycles. The van der Waals surface area contributed by atoms with E-state index in [-0.39, 0.29) is 11.9 Å². The molecule has 1 aliphatic rings. The monoisotopic (exact) mass is 376 g/mol. The SMILES string of the molecule is CC(c1cccc(Cl)c1)N1CCCN(C(=O)c2cccc(Cl)c2)CC1. The van der Waals surface area contributed by atoms with Gasteiger partial charge >= 0.3 is 0 Å². The van der Waals surface area contributed by atoms with Crippen LogP contribution < -0.4 is 0 Å². The van der Waals surface area contributed by atoms with Crippen LogP contribution in [0.15, 0.2) is 48.5 Å². The molecule has 5 heteroatoms. The summed E-state index contributed by atoms with van der Waals surface area (Å²) in [5.41, 5.74) is 1.87. The summed E-state index contributed by atoms with van der Waals surface area (Å²) in [5, 5.41) is 1.36. The predicted octanol–water partition coefficient (Wildman–Crippen LogP) is 4.90. The van der Waals surface area contributed by atoms with E-state index in [0.29, 0.717) is 10.6 Å². The normalized spacial score (nSPS) is 17.2. The zero-order chi connectivity index (χ0) is 17.8. The van der Waals surface area contributed by atoms with E-state index in [4.69, 9.17) is 23.2 Å². The van der Waals surface area contributed by atoms with Gasteiger partial charge in [0, 0.05) is 47.8 Å². The molecule has 3 nitrogen and oxygen atoms in total. The molecule has 25 heavy (non-hydrogen) atoms. The van der Waals surface area contributed by atoms with Crippen molar-refractivity contribution in [1.82, 2.24) is 9.80 Å². The average molecular weight is 377 g/mol. The van der Waals surface area contributed by atoms with Gasteiger partial charge < -0.3 is 4.90 Å². The Morgan fingerprint density at radius 3 is 2.40 bits per heavy atom. The lowest BCUT2D eigenvalue weighted by Gasteiger charge is -2.28. The third kappa shape index (κ3) is 4.55. The fourth-order valence-electron chi connectivity index (χ4n) is 3.31. The molecule has 132 valence electrons. The summed E-state index contributed by atoms with van der Waals surface area (Å²) >= 11 is 12.1. The third-order valence-corrected chi connectivity index (χ3v) is 5.24. The van der Waals surface area contributed by atoms with Crippen molar-refractivity contribution < 1.29 is 4.79 Å².